The van der Waals surface area contributed by atoms with Crippen LogP contribution < -0.4 is 5.32 Å². The number of ether oxygens (including phenoxy) is 2. The number of nitrogens with zero attached hydrogens (tertiary/aromatic N) is 2. The topological polar surface area (TPSA) is 73.3 Å². The Hall–Kier alpha value is -2.06. The third-order valence-electron chi connectivity index (χ3n) is 2.95. The lowest BCUT2D eigenvalue weighted by Crippen LogP contribution is -2.15. The fourth-order valence-electron chi connectivity index (χ4n) is 1.85. The third-order valence-corrected chi connectivity index (χ3v) is 3.45. The summed E-state index contributed by atoms with van der Waals surface area (Å²) in [5, 5.41) is 2.93. The number of halogens is 2. The van der Waals surface area contributed by atoms with E-state index in [9.17, 15) is 9.18 Å². The number of anilines is 1. The lowest BCUT2D eigenvalue weighted by atomic mass is 10.1. The highest BCUT2D eigenvalue weighted by molar-refractivity contribution is 9.10. The average molecular weight is 384 g/mol. The summed E-state index contributed by atoms with van der Waals surface area (Å²) in [4.78, 5) is 20.3. The van der Waals surface area contributed by atoms with Crippen LogP contribution in [0.15, 0.2) is 28.9 Å². The predicted octanol–water partition coefficient (Wildman–Crippen LogP) is 2.89. The highest BCUT2D eigenvalue weighted by Crippen LogP contribution is 2.26. The van der Waals surface area contributed by atoms with E-state index >= 15 is 0 Å². The average Bonchev–Trinajstić information content (AvgIpc) is 2.57. The van der Waals surface area contributed by atoms with Gasteiger partial charge in [-0.05, 0) is 18.2 Å². The van der Waals surface area contributed by atoms with E-state index in [0.29, 0.717) is 17.6 Å². The normalized spacial score (nSPS) is 10.4. The first-order chi connectivity index (χ1) is 11.1. The monoisotopic (exact) mass is 383 g/mol. The molecule has 0 spiro atoms. The minimum absolute atomic E-state index is 0.0134. The Labute approximate surface area is 141 Å². The van der Waals surface area contributed by atoms with Crippen LogP contribution in [-0.4, -0.2) is 43.3 Å². The molecule has 2 aromatic rings. The zero-order valence-electron chi connectivity index (χ0n) is 12.6. The molecule has 0 saturated carbocycles. The second-order valence-corrected chi connectivity index (χ2v) is 5.40. The maximum absolute atomic E-state index is 14.0. The van der Waals surface area contributed by atoms with E-state index < -0.39 is 11.8 Å². The summed E-state index contributed by atoms with van der Waals surface area (Å²) in [5.41, 5.74) is 0.461. The molecule has 0 radical (unpaired) electrons. The van der Waals surface area contributed by atoms with Gasteiger partial charge in [-0.3, -0.25) is 0 Å². The summed E-state index contributed by atoms with van der Waals surface area (Å²) in [6.45, 7) is 0.879. The molecule has 0 aliphatic carbocycles. The van der Waals surface area contributed by atoms with Crippen LogP contribution in [0.2, 0.25) is 0 Å². The van der Waals surface area contributed by atoms with Crippen molar-refractivity contribution in [2.75, 3.05) is 32.7 Å². The molecule has 0 fully saturated rings. The number of benzene rings is 1. The smallest absolute Gasteiger partial charge is 0.360 e. The first-order valence-electron chi connectivity index (χ1n) is 6.70. The molecule has 0 aliphatic rings. The van der Waals surface area contributed by atoms with E-state index in [4.69, 9.17) is 9.47 Å². The molecule has 0 unspecified atom stereocenters. The van der Waals surface area contributed by atoms with Crippen molar-refractivity contribution in [3.63, 3.8) is 0 Å². The van der Waals surface area contributed by atoms with Gasteiger partial charge >= 0.3 is 5.97 Å². The Morgan fingerprint density at radius 3 is 2.87 bits per heavy atom. The zero-order chi connectivity index (χ0) is 16.8. The Morgan fingerprint density at radius 2 is 2.17 bits per heavy atom. The van der Waals surface area contributed by atoms with Crippen LogP contribution in [0.5, 0.6) is 0 Å². The van der Waals surface area contributed by atoms with Gasteiger partial charge < -0.3 is 14.8 Å². The number of esters is 1. The molecule has 1 aromatic carbocycles. The molecule has 1 heterocycles. The van der Waals surface area contributed by atoms with Crippen molar-refractivity contribution in [3.8, 4) is 11.3 Å². The quantitative estimate of drug-likeness (QED) is 0.610. The fraction of sp³-hybridized carbons (Fsp3) is 0.267. The highest BCUT2D eigenvalue weighted by Gasteiger charge is 2.18. The second-order valence-electron chi connectivity index (χ2n) is 4.49. The highest BCUT2D eigenvalue weighted by atomic mass is 79.9. The number of methoxy groups -OCH3 is 2. The fourth-order valence-corrected chi connectivity index (χ4v) is 2.21. The van der Waals surface area contributed by atoms with Gasteiger partial charge in [0.25, 0.3) is 0 Å². The molecule has 0 amide bonds. The molecular formula is C15H15BrFN3O3. The summed E-state index contributed by atoms with van der Waals surface area (Å²) in [7, 11) is 2.81. The Balaban J connectivity index is 2.43. The molecule has 1 N–H and O–H groups in total. The number of aromatic nitrogens is 2. The van der Waals surface area contributed by atoms with Crippen molar-refractivity contribution in [1.82, 2.24) is 9.97 Å². The molecule has 0 bridgehead atoms. The molecule has 6 nitrogen and oxygen atoms in total. The van der Waals surface area contributed by atoms with Crippen molar-refractivity contribution in [3.05, 3.63) is 40.4 Å². The van der Waals surface area contributed by atoms with Crippen LogP contribution in [0.4, 0.5) is 10.2 Å². The minimum Gasteiger partial charge on any atom is -0.464 e. The standard InChI is InChI=1S/C15H15BrFN3O3/c1-22-6-5-18-14-13(15(21)23-2)20-12(8-19-14)10-7-9(16)3-4-11(10)17/h3-4,7-8H,5-6H2,1-2H3,(H,18,19). The molecule has 0 aliphatic heterocycles. The maximum atomic E-state index is 14.0. The summed E-state index contributed by atoms with van der Waals surface area (Å²) >= 11 is 3.28. The van der Waals surface area contributed by atoms with Gasteiger partial charge in [-0.2, -0.15) is 0 Å². The number of nitrogens with one attached hydrogen (secondary N) is 1. The molecular weight excluding hydrogens is 369 g/mol. The molecule has 122 valence electrons. The number of carbonyl (C=O) groups excluding carboxylic acids is 1. The van der Waals surface area contributed by atoms with Crippen LogP contribution in [0.25, 0.3) is 11.3 Å². The summed E-state index contributed by atoms with van der Waals surface area (Å²) in [6, 6.07) is 4.45. The van der Waals surface area contributed by atoms with E-state index in [1.54, 1.807) is 19.2 Å². The van der Waals surface area contributed by atoms with Crippen LogP contribution in [-0.2, 0) is 9.47 Å². The summed E-state index contributed by atoms with van der Waals surface area (Å²) in [5.74, 6) is -0.860. The van der Waals surface area contributed by atoms with E-state index in [-0.39, 0.29) is 22.8 Å². The first-order valence-corrected chi connectivity index (χ1v) is 7.49. The van der Waals surface area contributed by atoms with Gasteiger partial charge in [0, 0.05) is 23.7 Å². The Bertz CT molecular complexity index is 712. The van der Waals surface area contributed by atoms with Gasteiger partial charge in [-0.1, -0.05) is 15.9 Å². The van der Waals surface area contributed by atoms with Gasteiger partial charge in [0.2, 0.25) is 0 Å². The van der Waals surface area contributed by atoms with Crippen molar-refractivity contribution >= 4 is 27.7 Å². The first kappa shape index (κ1) is 17.3. The third kappa shape index (κ3) is 4.23. The van der Waals surface area contributed by atoms with Crippen molar-refractivity contribution in [1.29, 1.82) is 0 Å². The molecule has 23 heavy (non-hydrogen) atoms. The van der Waals surface area contributed by atoms with Crippen molar-refractivity contribution in [2.45, 2.75) is 0 Å². The molecule has 1 aromatic heterocycles. The molecule has 0 saturated heterocycles. The maximum Gasteiger partial charge on any atom is 0.360 e. The molecule has 8 heteroatoms. The zero-order valence-corrected chi connectivity index (χ0v) is 14.2. The molecule has 0 atom stereocenters. The predicted molar refractivity (Wildman–Crippen MR) is 86.8 cm³/mol. The van der Waals surface area contributed by atoms with Crippen LogP contribution >= 0.6 is 15.9 Å². The summed E-state index contributed by atoms with van der Waals surface area (Å²) in [6.07, 6.45) is 1.40. The lowest BCUT2D eigenvalue weighted by Gasteiger charge is -2.11. The van der Waals surface area contributed by atoms with Gasteiger partial charge in [0.15, 0.2) is 11.5 Å². The van der Waals surface area contributed by atoms with Gasteiger partial charge in [-0.25, -0.2) is 19.2 Å². The summed E-state index contributed by atoms with van der Waals surface area (Å²) < 4.78 is 24.3. The number of carbonyl (C=O) groups is 1. The van der Waals surface area contributed by atoms with Crippen LogP contribution in [0.1, 0.15) is 10.5 Å². The van der Waals surface area contributed by atoms with Gasteiger partial charge in [-0.15, -0.1) is 0 Å². The second kappa shape index (κ2) is 7.98. The minimum atomic E-state index is -0.658. The number of hydrogen-bond donors (Lipinski definition) is 1. The van der Waals surface area contributed by atoms with Crippen LogP contribution in [0.3, 0.4) is 0 Å². The largest absolute Gasteiger partial charge is 0.464 e. The Kier molecular flexibility index (Phi) is 6.00. The van der Waals surface area contributed by atoms with Crippen LogP contribution in [0, 0.1) is 5.82 Å². The SMILES string of the molecule is COCCNc1ncc(-c2cc(Br)ccc2F)nc1C(=O)OC. The van der Waals surface area contributed by atoms with Gasteiger partial charge in [0.05, 0.1) is 25.6 Å². The van der Waals surface area contributed by atoms with E-state index in [1.807, 2.05) is 0 Å². The molecule has 2 rings (SSSR count). The lowest BCUT2D eigenvalue weighted by molar-refractivity contribution is 0.0595. The van der Waals surface area contributed by atoms with Crippen molar-refractivity contribution in [2.24, 2.45) is 0 Å². The number of hydrogen-bond acceptors (Lipinski definition) is 6. The van der Waals surface area contributed by atoms with Crippen molar-refractivity contribution < 1.29 is 18.7 Å². The van der Waals surface area contributed by atoms with E-state index in [0.717, 1.165) is 0 Å². The van der Waals surface area contributed by atoms with Gasteiger partial charge in [0.1, 0.15) is 5.82 Å². The number of rotatable bonds is 6. The van der Waals surface area contributed by atoms with E-state index in [2.05, 4.69) is 31.2 Å². The Morgan fingerprint density at radius 1 is 1.39 bits per heavy atom. The van der Waals surface area contributed by atoms with E-state index in [1.165, 1.54) is 19.4 Å².